The monoisotopic (exact) mass is 677 g/mol. The van der Waals surface area contributed by atoms with Gasteiger partial charge in [0.25, 0.3) is 0 Å². The van der Waals surface area contributed by atoms with Crippen molar-refractivity contribution in [3.8, 4) is 67.5 Å². The van der Waals surface area contributed by atoms with Crippen LogP contribution in [0.15, 0.2) is 192 Å². The summed E-state index contributed by atoms with van der Waals surface area (Å²) in [5.74, 6) is 1.81. The quantitative estimate of drug-likeness (QED) is 0.176. The van der Waals surface area contributed by atoms with Crippen LogP contribution in [0.5, 0.6) is 0 Å². The first-order valence-electron chi connectivity index (χ1n) is 17.8. The van der Waals surface area contributed by atoms with Crippen molar-refractivity contribution in [1.82, 2.24) is 15.0 Å². The summed E-state index contributed by atoms with van der Waals surface area (Å²) < 4.78 is 6.68. The molecule has 4 heteroatoms. The molecule has 10 rings (SSSR count). The Labute approximate surface area is 306 Å². The zero-order chi connectivity index (χ0) is 35.1. The number of furan rings is 1. The molecule has 0 saturated heterocycles. The summed E-state index contributed by atoms with van der Waals surface area (Å²) in [6.45, 7) is 0. The molecule has 2 aromatic heterocycles. The maximum absolute atomic E-state index is 6.68. The van der Waals surface area contributed by atoms with Gasteiger partial charge in [0.15, 0.2) is 17.5 Å². The number of para-hydroxylation sites is 1. The summed E-state index contributed by atoms with van der Waals surface area (Å²) >= 11 is 0. The first-order valence-corrected chi connectivity index (χ1v) is 17.8. The van der Waals surface area contributed by atoms with Crippen molar-refractivity contribution >= 4 is 32.7 Å². The van der Waals surface area contributed by atoms with Crippen LogP contribution in [0.2, 0.25) is 0 Å². The van der Waals surface area contributed by atoms with Gasteiger partial charge in [-0.25, -0.2) is 15.0 Å². The molecule has 0 bridgehead atoms. The maximum Gasteiger partial charge on any atom is 0.164 e. The van der Waals surface area contributed by atoms with E-state index in [1.807, 2.05) is 24.3 Å². The second-order valence-electron chi connectivity index (χ2n) is 13.2. The number of hydrogen-bond acceptors (Lipinski definition) is 4. The molecular formula is C49H31N3O. The van der Waals surface area contributed by atoms with E-state index in [0.29, 0.717) is 17.5 Å². The topological polar surface area (TPSA) is 51.8 Å². The third kappa shape index (κ3) is 5.63. The molecule has 0 fully saturated rings. The van der Waals surface area contributed by atoms with Gasteiger partial charge in [-0.1, -0.05) is 176 Å². The highest BCUT2D eigenvalue weighted by Gasteiger charge is 2.20. The lowest BCUT2D eigenvalue weighted by Gasteiger charge is -2.10. The van der Waals surface area contributed by atoms with Crippen molar-refractivity contribution in [2.45, 2.75) is 0 Å². The summed E-state index contributed by atoms with van der Waals surface area (Å²) in [6, 6.07) is 65.1. The third-order valence-corrected chi connectivity index (χ3v) is 9.96. The van der Waals surface area contributed by atoms with Crippen molar-refractivity contribution in [3.63, 3.8) is 0 Å². The minimum absolute atomic E-state index is 0.591. The highest BCUT2D eigenvalue weighted by Crippen LogP contribution is 2.41. The zero-order valence-corrected chi connectivity index (χ0v) is 28.6. The largest absolute Gasteiger partial charge is 0.455 e. The van der Waals surface area contributed by atoms with E-state index in [1.165, 1.54) is 10.8 Å². The normalized spacial score (nSPS) is 11.4. The molecule has 2 heterocycles. The van der Waals surface area contributed by atoms with Crippen molar-refractivity contribution in [2.75, 3.05) is 0 Å². The first-order chi connectivity index (χ1) is 26.2. The van der Waals surface area contributed by atoms with Crippen LogP contribution in [0.25, 0.3) is 100 Å². The van der Waals surface area contributed by atoms with Crippen LogP contribution in [0.4, 0.5) is 0 Å². The molecule has 0 atom stereocenters. The van der Waals surface area contributed by atoms with E-state index in [9.17, 15) is 0 Å². The first kappa shape index (κ1) is 30.6. The van der Waals surface area contributed by atoms with E-state index in [1.54, 1.807) is 0 Å². The standard InChI is InChI=1S/C49H31N3O/c1-3-11-32(12-4-1)35-21-26-37(27-22-35)47-50-48(38-28-23-36(24-29-38)33-13-5-2-6-14-33)52-49(51-47)43-19-10-20-44-45(43)42-18-9-17-41(46(42)53-44)40-30-25-34-15-7-8-16-39(34)31-40/h1-31H. The average Bonchev–Trinajstić information content (AvgIpc) is 3.63. The summed E-state index contributed by atoms with van der Waals surface area (Å²) in [5.41, 5.74) is 11.1. The molecule has 0 saturated carbocycles. The molecule has 53 heavy (non-hydrogen) atoms. The number of benzene rings is 8. The predicted molar refractivity (Wildman–Crippen MR) is 217 cm³/mol. The molecule has 248 valence electrons. The Balaban J connectivity index is 1.13. The highest BCUT2D eigenvalue weighted by molar-refractivity contribution is 6.15. The molecule has 0 aliphatic rings. The summed E-state index contributed by atoms with van der Waals surface area (Å²) in [5, 5.41) is 4.40. The number of hydrogen-bond donors (Lipinski definition) is 0. The Bertz CT molecular complexity index is 2810. The number of aromatic nitrogens is 3. The molecule has 0 aliphatic heterocycles. The number of rotatable bonds is 6. The van der Waals surface area contributed by atoms with Crippen LogP contribution in [0.3, 0.4) is 0 Å². The SMILES string of the molecule is c1ccc(-c2ccc(-c3nc(-c4ccc(-c5ccccc5)cc4)nc(-c4cccc5oc6c(-c7ccc8ccccc8c7)cccc6c45)n3)cc2)cc1. The van der Waals surface area contributed by atoms with E-state index in [0.717, 1.165) is 72.0 Å². The van der Waals surface area contributed by atoms with E-state index >= 15 is 0 Å². The number of nitrogens with zero attached hydrogens (tertiary/aromatic N) is 3. The Morgan fingerprint density at radius 1 is 0.321 bits per heavy atom. The van der Waals surface area contributed by atoms with Crippen LogP contribution < -0.4 is 0 Å². The predicted octanol–water partition coefficient (Wildman–Crippen LogP) is 12.9. The van der Waals surface area contributed by atoms with Gasteiger partial charge in [0.05, 0.1) is 0 Å². The van der Waals surface area contributed by atoms with Gasteiger partial charge in [-0.15, -0.1) is 0 Å². The van der Waals surface area contributed by atoms with Gasteiger partial charge >= 0.3 is 0 Å². The molecular weight excluding hydrogens is 647 g/mol. The molecule has 0 N–H and O–H groups in total. The van der Waals surface area contributed by atoms with Gasteiger partial charge in [-0.2, -0.15) is 0 Å². The van der Waals surface area contributed by atoms with Gasteiger partial charge in [-0.05, 0) is 50.7 Å². The molecule has 10 aromatic rings. The maximum atomic E-state index is 6.68. The van der Waals surface area contributed by atoms with Crippen LogP contribution in [-0.4, -0.2) is 15.0 Å². The Morgan fingerprint density at radius 3 is 1.45 bits per heavy atom. The molecule has 8 aromatic carbocycles. The van der Waals surface area contributed by atoms with E-state index in [-0.39, 0.29) is 0 Å². The highest BCUT2D eigenvalue weighted by atomic mass is 16.3. The lowest BCUT2D eigenvalue weighted by molar-refractivity contribution is 0.670. The second-order valence-corrected chi connectivity index (χ2v) is 13.2. The molecule has 0 amide bonds. The van der Waals surface area contributed by atoms with Crippen molar-refractivity contribution in [1.29, 1.82) is 0 Å². The Hall–Kier alpha value is -7.17. The van der Waals surface area contributed by atoms with Crippen LogP contribution >= 0.6 is 0 Å². The minimum atomic E-state index is 0.591. The van der Waals surface area contributed by atoms with E-state index < -0.39 is 0 Å². The van der Waals surface area contributed by atoms with Gasteiger partial charge < -0.3 is 4.42 Å². The fraction of sp³-hybridized carbons (Fsp3) is 0. The summed E-state index contributed by atoms with van der Waals surface area (Å²) in [6.07, 6.45) is 0. The molecule has 4 nitrogen and oxygen atoms in total. The smallest absolute Gasteiger partial charge is 0.164 e. The summed E-state index contributed by atoms with van der Waals surface area (Å²) in [7, 11) is 0. The number of fused-ring (bicyclic) bond motifs is 4. The second kappa shape index (κ2) is 12.9. The van der Waals surface area contributed by atoms with Gasteiger partial charge in [0, 0.05) is 33.0 Å². The molecule has 0 aliphatic carbocycles. The molecule has 0 spiro atoms. The van der Waals surface area contributed by atoms with Crippen LogP contribution in [0.1, 0.15) is 0 Å². The van der Waals surface area contributed by atoms with Crippen molar-refractivity contribution in [2.24, 2.45) is 0 Å². The molecule has 0 unspecified atom stereocenters. The van der Waals surface area contributed by atoms with E-state index in [2.05, 4.69) is 164 Å². The van der Waals surface area contributed by atoms with Crippen molar-refractivity contribution < 1.29 is 4.42 Å². The lowest BCUT2D eigenvalue weighted by atomic mass is 9.98. The zero-order valence-electron chi connectivity index (χ0n) is 28.6. The fourth-order valence-electron chi connectivity index (χ4n) is 7.26. The van der Waals surface area contributed by atoms with Crippen LogP contribution in [0, 0.1) is 0 Å². The third-order valence-electron chi connectivity index (χ3n) is 9.96. The Kier molecular flexibility index (Phi) is 7.43. The summed E-state index contributed by atoms with van der Waals surface area (Å²) in [4.78, 5) is 15.4. The van der Waals surface area contributed by atoms with Crippen LogP contribution in [-0.2, 0) is 0 Å². The van der Waals surface area contributed by atoms with Gasteiger partial charge in [0.2, 0.25) is 0 Å². The minimum Gasteiger partial charge on any atom is -0.455 e. The van der Waals surface area contributed by atoms with Gasteiger partial charge in [-0.3, -0.25) is 0 Å². The fourth-order valence-corrected chi connectivity index (χ4v) is 7.26. The van der Waals surface area contributed by atoms with Crippen molar-refractivity contribution in [3.05, 3.63) is 188 Å². The Morgan fingerprint density at radius 2 is 0.811 bits per heavy atom. The lowest BCUT2D eigenvalue weighted by Crippen LogP contribution is -2.00. The van der Waals surface area contributed by atoms with E-state index in [4.69, 9.17) is 19.4 Å². The van der Waals surface area contributed by atoms with Gasteiger partial charge in [0.1, 0.15) is 11.2 Å². The molecule has 0 radical (unpaired) electrons. The average molecular weight is 678 g/mol.